The van der Waals surface area contributed by atoms with Crippen molar-refractivity contribution in [3.63, 3.8) is 0 Å². The molecule has 2 aromatic rings. The minimum Gasteiger partial charge on any atom is -0.383 e. The first-order valence-corrected chi connectivity index (χ1v) is 6.40. The van der Waals surface area contributed by atoms with Crippen LogP contribution in [0.15, 0.2) is 31.0 Å². The summed E-state index contributed by atoms with van der Waals surface area (Å²) < 4.78 is 6.72. The third kappa shape index (κ3) is 4.42. The molecule has 102 valence electrons. The summed E-state index contributed by atoms with van der Waals surface area (Å²) >= 11 is 0. The van der Waals surface area contributed by atoms with E-state index < -0.39 is 0 Å². The predicted molar refractivity (Wildman–Crippen MR) is 72.2 cm³/mol. The highest BCUT2D eigenvalue weighted by Gasteiger charge is 2.01. The number of ether oxygens (including phenoxy) is 1. The molecular formula is C13H19N5O. The summed E-state index contributed by atoms with van der Waals surface area (Å²) in [4.78, 5) is 8.23. The Kier molecular flexibility index (Phi) is 5.46. The summed E-state index contributed by atoms with van der Waals surface area (Å²) in [5.41, 5.74) is 1.21. The maximum Gasteiger partial charge on any atom is 0.171 e. The van der Waals surface area contributed by atoms with Gasteiger partial charge >= 0.3 is 0 Å². The Labute approximate surface area is 112 Å². The summed E-state index contributed by atoms with van der Waals surface area (Å²) in [6.45, 7) is 2.64. The van der Waals surface area contributed by atoms with E-state index in [1.165, 1.54) is 5.56 Å². The molecule has 0 spiro atoms. The molecule has 2 heterocycles. The first-order chi connectivity index (χ1) is 9.40. The van der Waals surface area contributed by atoms with Crippen molar-refractivity contribution in [1.29, 1.82) is 0 Å². The number of aryl methyl sites for hydroxylation is 1. The summed E-state index contributed by atoms with van der Waals surface area (Å²) in [5, 5.41) is 7.61. The molecule has 0 radical (unpaired) electrons. The van der Waals surface area contributed by atoms with Gasteiger partial charge in [0.1, 0.15) is 0 Å². The van der Waals surface area contributed by atoms with Gasteiger partial charge in [-0.15, -0.1) is 0 Å². The van der Waals surface area contributed by atoms with Gasteiger partial charge in [-0.1, -0.05) is 0 Å². The normalized spacial score (nSPS) is 10.8. The van der Waals surface area contributed by atoms with E-state index in [0.29, 0.717) is 0 Å². The Hall–Kier alpha value is -1.79. The first kappa shape index (κ1) is 13.6. The topological polar surface area (TPSA) is 64.9 Å². The fraction of sp³-hybridized carbons (Fsp3) is 0.462. The maximum atomic E-state index is 4.97. The Morgan fingerprint density at radius 2 is 2.21 bits per heavy atom. The fourth-order valence-electron chi connectivity index (χ4n) is 1.74. The summed E-state index contributed by atoms with van der Waals surface area (Å²) in [6, 6.07) is 0. The van der Waals surface area contributed by atoms with Crippen LogP contribution in [0, 0.1) is 0 Å². The fourth-order valence-corrected chi connectivity index (χ4v) is 1.74. The monoisotopic (exact) mass is 261 g/mol. The SMILES string of the molecule is COCCNCCCc1cnn(-c2cnccn2)c1. The van der Waals surface area contributed by atoms with Crippen molar-refractivity contribution in [2.24, 2.45) is 0 Å². The van der Waals surface area contributed by atoms with Crippen molar-refractivity contribution in [2.75, 3.05) is 26.8 Å². The molecule has 0 aromatic carbocycles. The third-order valence-electron chi connectivity index (χ3n) is 2.72. The number of methoxy groups -OCH3 is 1. The van der Waals surface area contributed by atoms with Gasteiger partial charge in [-0.05, 0) is 24.9 Å². The molecule has 19 heavy (non-hydrogen) atoms. The van der Waals surface area contributed by atoms with Crippen LogP contribution in [-0.2, 0) is 11.2 Å². The molecule has 0 unspecified atom stereocenters. The zero-order valence-electron chi connectivity index (χ0n) is 11.1. The molecular weight excluding hydrogens is 242 g/mol. The van der Waals surface area contributed by atoms with Gasteiger partial charge in [0.15, 0.2) is 5.82 Å². The lowest BCUT2D eigenvalue weighted by Crippen LogP contribution is -2.20. The highest BCUT2D eigenvalue weighted by Crippen LogP contribution is 2.05. The lowest BCUT2D eigenvalue weighted by Gasteiger charge is -2.02. The second-order valence-corrected chi connectivity index (χ2v) is 4.20. The average Bonchev–Trinajstić information content (AvgIpc) is 2.92. The summed E-state index contributed by atoms with van der Waals surface area (Å²) in [7, 11) is 1.71. The molecule has 0 fully saturated rings. The highest BCUT2D eigenvalue weighted by molar-refractivity contribution is 5.18. The van der Waals surface area contributed by atoms with Crippen LogP contribution in [0.1, 0.15) is 12.0 Å². The quantitative estimate of drug-likeness (QED) is 0.713. The molecule has 0 saturated carbocycles. The van der Waals surface area contributed by atoms with Crippen LogP contribution in [-0.4, -0.2) is 46.6 Å². The molecule has 0 bridgehead atoms. The van der Waals surface area contributed by atoms with E-state index in [0.717, 1.165) is 38.4 Å². The number of rotatable bonds is 8. The average molecular weight is 261 g/mol. The Morgan fingerprint density at radius 3 is 3.00 bits per heavy atom. The van der Waals surface area contributed by atoms with Gasteiger partial charge in [-0.2, -0.15) is 5.10 Å². The molecule has 6 heteroatoms. The second kappa shape index (κ2) is 7.60. The molecule has 6 nitrogen and oxygen atoms in total. The van der Waals surface area contributed by atoms with E-state index in [1.807, 2.05) is 12.4 Å². The molecule has 0 aliphatic rings. The molecule has 1 N–H and O–H groups in total. The van der Waals surface area contributed by atoms with Crippen LogP contribution in [0.5, 0.6) is 0 Å². The lowest BCUT2D eigenvalue weighted by atomic mass is 10.2. The van der Waals surface area contributed by atoms with Crippen molar-refractivity contribution in [3.05, 3.63) is 36.5 Å². The molecule has 0 saturated heterocycles. The van der Waals surface area contributed by atoms with E-state index in [9.17, 15) is 0 Å². The minimum atomic E-state index is 0.743. The van der Waals surface area contributed by atoms with Gasteiger partial charge in [0, 0.05) is 32.2 Å². The molecule has 0 amide bonds. The van der Waals surface area contributed by atoms with Gasteiger partial charge in [-0.25, -0.2) is 9.67 Å². The minimum absolute atomic E-state index is 0.743. The van der Waals surface area contributed by atoms with Crippen molar-refractivity contribution in [2.45, 2.75) is 12.8 Å². The lowest BCUT2D eigenvalue weighted by molar-refractivity contribution is 0.199. The predicted octanol–water partition coefficient (Wildman–Crippen LogP) is 0.831. The van der Waals surface area contributed by atoms with Gasteiger partial charge in [-0.3, -0.25) is 4.98 Å². The number of nitrogens with zero attached hydrogens (tertiary/aromatic N) is 4. The zero-order chi connectivity index (χ0) is 13.3. The van der Waals surface area contributed by atoms with Crippen molar-refractivity contribution in [3.8, 4) is 5.82 Å². The molecule has 0 aliphatic heterocycles. The van der Waals surface area contributed by atoms with Crippen LogP contribution in [0.3, 0.4) is 0 Å². The first-order valence-electron chi connectivity index (χ1n) is 6.40. The highest BCUT2D eigenvalue weighted by atomic mass is 16.5. The van der Waals surface area contributed by atoms with Crippen molar-refractivity contribution >= 4 is 0 Å². The van der Waals surface area contributed by atoms with Crippen molar-refractivity contribution < 1.29 is 4.74 Å². The molecule has 0 aliphatic carbocycles. The van der Waals surface area contributed by atoms with Gasteiger partial charge < -0.3 is 10.1 Å². The van der Waals surface area contributed by atoms with Crippen LogP contribution in [0.25, 0.3) is 5.82 Å². The standard InChI is InChI=1S/C13H19N5O/c1-19-8-7-14-4-2-3-12-9-17-18(11-12)13-10-15-5-6-16-13/h5-6,9-11,14H,2-4,7-8H2,1H3. The van der Waals surface area contributed by atoms with Gasteiger partial charge in [0.25, 0.3) is 0 Å². The Bertz CT molecular complexity index is 471. The van der Waals surface area contributed by atoms with E-state index in [1.54, 1.807) is 30.4 Å². The number of nitrogens with one attached hydrogen (secondary N) is 1. The zero-order valence-corrected chi connectivity index (χ0v) is 11.1. The molecule has 2 rings (SSSR count). The second-order valence-electron chi connectivity index (χ2n) is 4.20. The maximum absolute atomic E-state index is 4.97. The number of hydrogen-bond donors (Lipinski definition) is 1. The summed E-state index contributed by atoms with van der Waals surface area (Å²) in [5.74, 6) is 0.743. The summed E-state index contributed by atoms with van der Waals surface area (Å²) in [6.07, 6.45) is 11.0. The van der Waals surface area contributed by atoms with Gasteiger partial charge in [0.2, 0.25) is 0 Å². The van der Waals surface area contributed by atoms with Crippen LogP contribution in [0.2, 0.25) is 0 Å². The molecule has 0 atom stereocenters. The van der Waals surface area contributed by atoms with E-state index in [-0.39, 0.29) is 0 Å². The largest absolute Gasteiger partial charge is 0.383 e. The smallest absolute Gasteiger partial charge is 0.171 e. The third-order valence-corrected chi connectivity index (χ3v) is 2.72. The number of aromatic nitrogens is 4. The van der Waals surface area contributed by atoms with Crippen LogP contribution < -0.4 is 5.32 Å². The number of hydrogen-bond acceptors (Lipinski definition) is 5. The van der Waals surface area contributed by atoms with Crippen molar-refractivity contribution in [1.82, 2.24) is 25.1 Å². The Morgan fingerprint density at radius 1 is 1.26 bits per heavy atom. The van der Waals surface area contributed by atoms with E-state index >= 15 is 0 Å². The van der Waals surface area contributed by atoms with Crippen LogP contribution in [0.4, 0.5) is 0 Å². The van der Waals surface area contributed by atoms with Crippen LogP contribution >= 0.6 is 0 Å². The Balaban J connectivity index is 1.75. The van der Waals surface area contributed by atoms with Gasteiger partial charge in [0.05, 0.1) is 19.0 Å². The van der Waals surface area contributed by atoms with E-state index in [4.69, 9.17) is 4.74 Å². The van der Waals surface area contributed by atoms with E-state index in [2.05, 4.69) is 20.4 Å². The molecule has 2 aromatic heterocycles.